The quantitative estimate of drug-likeness (QED) is 0.375. The Morgan fingerprint density at radius 3 is 2.53 bits per heavy atom. The van der Waals surface area contributed by atoms with Crippen molar-refractivity contribution in [1.29, 1.82) is 0 Å². The number of rotatable bonds is 8. The molecule has 0 saturated heterocycles. The van der Waals surface area contributed by atoms with Crippen LogP contribution in [0.25, 0.3) is 5.13 Å². The van der Waals surface area contributed by atoms with E-state index in [0.717, 1.165) is 23.5 Å². The minimum absolute atomic E-state index is 0.167. The van der Waals surface area contributed by atoms with Gasteiger partial charge >= 0.3 is 18.6 Å². The van der Waals surface area contributed by atoms with Crippen molar-refractivity contribution in [2.45, 2.75) is 25.5 Å². The fourth-order valence-corrected chi connectivity index (χ4v) is 4.06. The predicted molar refractivity (Wildman–Crippen MR) is 124 cm³/mol. The monoisotopic (exact) mass is 569 g/mol. The summed E-state index contributed by atoms with van der Waals surface area (Å²) in [5.74, 6) is -0.812. The van der Waals surface area contributed by atoms with E-state index in [2.05, 4.69) is 30.4 Å². The summed E-state index contributed by atoms with van der Waals surface area (Å²) < 4.78 is 56.9. The van der Waals surface area contributed by atoms with Gasteiger partial charge in [0.2, 0.25) is 5.13 Å². The van der Waals surface area contributed by atoms with Gasteiger partial charge in [0, 0.05) is 20.2 Å². The van der Waals surface area contributed by atoms with Gasteiger partial charge in [0.1, 0.15) is 17.0 Å². The van der Waals surface area contributed by atoms with Crippen LogP contribution in [-0.2, 0) is 0 Å². The number of alkyl halides is 4. The number of thiazole rings is 1. The lowest BCUT2D eigenvalue weighted by atomic mass is 10.3. The number of carbonyl (C=O) groups is 2. The van der Waals surface area contributed by atoms with E-state index in [1.165, 1.54) is 22.1 Å². The molecule has 1 aromatic carbocycles. The smallest absolute Gasteiger partial charge is 0.427 e. The molecule has 0 saturated carbocycles. The maximum atomic E-state index is 13.3. The highest BCUT2D eigenvalue weighted by atomic mass is 35.5. The third-order valence-electron chi connectivity index (χ3n) is 4.37. The van der Waals surface area contributed by atoms with Gasteiger partial charge in [-0.1, -0.05) is 34.5 Å². The van der Waals surface area contributed by atoms with E-state index in [0.29, 0.717) is 10.0 Å². The summed E-state index contributed by atoms with van der Waals surface area (Å²) in [6, 6.07) is 0.113. The van der Waals surface area contributed by atoms with Crippen LogP contribution in [0.5, 0.6) is 5.75 Å². The molecule has 1 atom stereocenters. The van der Waals surface area contributed by atoms with E-state index in [1.54, 1.807) is 21.0 Å². The fraction of sp³-hybridized carbons (Fsp3) is 0.316. The van der Waals surface area contributed by atoms with Crippen LogP contribution >= 0.6 is 34.5 Å². The van der Waals surface area contributed by atoms with Crippen LogP contribution in [0.4, 0.5) is 28.0 Å². The van der Waals surface area contributed by atoms with Gasteiger partial charge in [-0.2, -0.15) is 27.3 Å². The number of aromatic nitrogens is 4. The van der Waals surface area contributed by atoms with Crippen LogP contribution in [0.15, 0.2) is 24.7 Å². The van der Waals surface area contributed by atoms with Gasteiger partial charge in [-0.3, -0.25) is 4.79 Å². The Bertz CT molecular complexity index is 1270. The van der Waals surface area contributed by atoms with Crippen molar-refractivity contribution in [3.63, 3.8) is 0 Å². The molecule has 2 aromatic heterocycles. The normalized spacial score (nSPS) is 12.4. The van der Waals surface area contributed by atoms with Crippen LogP contribution in [0, 0.1) is 0 Å². The lowest BCUT2D eigenvalue weighted by molar-refractivity contribution is -0.253. The molecule has 0 aliphatic carbocycles. The lowest BCUT2D eigenvalue weighted by Crippen LogP contribution is -2.34. The number of hydrogen-bond acceptors (Lipinski definition) is 7. The number of ether oxygens (including phenoxy) is 1. The number of carbonyl (C=O) groups excluding carboxylic acids is 2. The third kappa shape index (κ3) is 6.14. The van der Waals surface area contributed by atoms with Crippen LogP contribution in [0.1, 0.15) is 28.5 Å². The average molecular weight is 570 g/mol. The minimum atomic E-state index is -4.82. The number of nitrogens with zero attached hydrogens (tertiary/aromatic N) is 5. The van der Waals surface area contributed by atoms with Gasteiger partial charge in [0.05, 0.1) is 28.0 Å². The molecule has 0 radical (unpaired) electrons. The van der Waals surface area contributed by atoms with Gasteiger partial charge < -0.3 is 20.3 Å². The van der Waals surface area contributed by atoms with E-state index >= 15 is 0 Å². The van der Waals surface area contributed by atoms with E-state index in [-0.39, 0.29) is 22.4 Å². The van der Waals surface area contributed by atoms with Crippen LogP contribution in [0.2, 0.25) is 10.0 Å². The number of nitrogens with one attached hydrogen (secondary N) is 2. The number of hydrogen-bond donors (Lipinski definition) is 2. The Kier molecular flexibility index (Phi) is 8.26. The van der Waals surface area contributed by atoms with Gasteiger partial charge in [-0.05, 0) is 13.0 Å². The maximum Gasteiger partial charge on any atom is 0.461 e. The zero-order chi connectivity index (χ0) is 26.8. The number of halogens is 6. The molecule has 17 heteroatoms. The Morgan fingerprint density at radius 1 is 1.19 bits per heavy atom. The first kappa shape index (κ1) is 27.4. The molecule has 36 heavy (non-hydrogen) atoms. The predicted octanol–water partition coefficient (Wildman–Crippen LogP) is 4.85. The molecule has 0 fully saturated rings. The van der Waals surface area contributed by atoms with Gasteiger partial charge in [0.15, 0.2) is 5.82 Å². The van der Waals surface area contributed by atoms with Gasteiger partial charge in [0.25, 0.3) is 5.91 Å². The van der Waals surface area contributed by atoms with Crippen molar-refractivity contribution >= 4 is 52.2 Å². The molecule has 3 amide bonds. The van der Waals surface area contributed by atoms with Crippen molar-refractivity contribution in [3.05, 3.63) is 45.4 Å². The second kappa shape index (κ2) is 10.8. The minimum Gasteiger partial charge on any atom is -0.427 e. The van der Waals surface area contributed by atoms with Crippen LogP contribution in [0.3, 0.4) is 0 Å². The van der Waals surface area contributed by atoms with Crippen molar-refractivity contribution in [2.24, 2.45) is 0 Å². The van der Waals surface area contributed by atoms with E-state index in [1.807, 2.05) is 0 Å². The second-order valence-electron chi connectivity index (χ2n) is 7.28. The van der Waals surface area contributed by atoms with E-state index in [9.17, 15) is 27.2 Å². The highest BCUT2D eigenvalue weighted by molar-refractivity contribution is 7.16. The Hall–Kier alpha value is -3.17. The molecule has 0 aliphatic rings. The number of anilines is 1. The fourth-order valence-electron chi connectivity index (χ4n) is 2.69. The Morgan fingerprint density at radius 2 is 1.89 bits per heavy atom. The van der Waals surface area contributed by atoms with Crippen molar-refractivity contribution in [3.8, 4) is 10.9 Å². The molecule has 3 rings (SSSR count). The molecular weight excluding hydrogens is 553 g/mol. The zero-order valence-electron chi connectivity index (χ0n) is 18.6. The summed E-state index contributed by atoms with van der Waals surface area (Å²) in [7, 11) is 3.19. The largest absolute Gasteiger partial charge is 0.461 e. The third-order valence-corrected chi connectivity index (χ3v) is 5.94. The standard InChI is InChI=1S/C19H17Cl2F4N7O3S/c1-8(14-27-7-28-32(14)18-26-6-13(36-18)15(33)31(2)3)29-17(34)30-11-5-12(10(21)4-9(11)20)35-19(24,25)16(22)23/h4-8,16H,1-3H3,(H2,29,30,34)/t8-/m0/s1. The number of benzene rings is 1. The van der Waals surface area contributed by atoms with Gasteiger partial charge in [-0.25, -0.2) is 14.8 Å². The summed E-state index contributed by atoms with van der Waals surface area (Å²) in [6.07, 6.45) is -6.32. The lowest BCUT2D eigenvalue weighted by Gasteiger charge is -2.19. The first-order valence-electron chi connectivity index (χ1n) is 9.79. The molecule has 0 bridgehead atoms. The summed E-state index contributed by atoms with van der Waals surface area (Å²) in [6.45, 7) is 1.57. The van der Waals surface area contributed by atoms with Crippen molar-refractivity contribution in [1.82, 2.24) is 30.0 Å². The van der Waals surface area contributed by atoms with E-state index in [4.69, 9.17) is 23.2 Å². The van der Waals surface area contributed by atoms with Crippen LogP contribution < -0.4 is 15.4 Å². The molecule has 0 unspecified atom stereocenters. The molecule has 2 N–H and O–H groups in total. The second-order valence-corrected chi connectivity index (χ2v) is 9.11. The molecule has 3 aromatic rings. The first-order valence-corrected chi connectivity index (χ1v) is 11.4. The summed E-state index contributed by atoms with van der Waals surface area (Å²) >= 11 is 12.8. The number of amides is 3. The topological polar surface area (TPSA) is 114 Å². The van der Waals surface area contributed by atoms with Crippen molar-refractivity contribution < 1.29 is 31.9 Å². The average Bonchev–Trinajstić information content (AvgIpc) is 3.45. The van der Waals surface area contributed by atoms with Crippen molar-refractivity contribution in [2.75, 3.05) is 19.4 Å². The zero-order valence-corrected chi connectivity index (χ0v) is 20.9. The molecule has 2 heterocycles. The first-order chi connectivity index (χ1) is 16.8. The molecule has 10 nitrogen and oxygen atoms in total. The van der Waals surface area contributed by atoms with E-state index < -0.39 is 35.4 Å². The summed E-state index contributed by atoms with van der Waals surface area (Å²) in [4.78, 5) is 34.7. The molecule has 194 valence electrons. The molecule has 0 aliphatic heterocycles. The Balaban J connectivity index is 1.74. The maximum absolute atomic E-state index is 13.3. The van der Waals surface area contributed by atoms with Gasteiger partial charge in [-0.15, -0.1) is 0 Å². The highest BCUT2D eigenvalue weighted by Gasteiger charge is 2.44. The Labute approximate surface area is 215 Å². The number of urea groups is 1. The molecular formula is C19H17Cl2F4N7O3S. The SMILES string of the molecule is C[C@H](NC(=O)Nc1cc(OC(F)(F)C(F)F)c(Cl)cc1Cl)c1ncnn1-c1ncc(C(=O)N(C)C)s1. The van der Waals surface area contributed by atoms with Crippen LogP contribution in [-0.4, -0.2) is 63.2 Å². The summed E-state index contributed by atoms with van der Waals surface area (Å²) in [5.41, 5.74) is -0.237. The summed E-state index contributed by atoms with van der Waals surface area (Å²) in [5, 5.41) is 8.61. The molecule has 0 spiro atoms. The highest BCUT2D eigenvalue weighted by Crippen LogP contribution is 2.38.